The van der Waals surface area contributed by atoms with Gasteiger partial charge in [0.2, 0.25) is 0 Å². The highest BCUT2D eigenvalue weighted by molar-refractivity contribution is 5.94. The Balaban J connectivity index is 1.74. The maximum atomic E-state index is 13.2. The fourth-order valence-electron chi connectivity index (χ4n) is 3.96. The van der Waals surface area contributed by atoms with E-state index in [9.17, 15) is 4.79 Å². The molecule has 6 nitrogen and oxygen atoms in total. The Kier molecular flexibility index (Phi) is 6.02. The minimum absolute atomic E-state index is 0.100. The molecule has 1 saturated carbocycles. The average molecular weight is 405 g/mol. The summed E-state index contributed by atoms with van der Waals surface area (Å²) < 4.78 is 12.6. The highest BCUT2D eigenvalue weighted by Gasteiger charge is 2.22. The maximum absolute atomic E-state index is 13.2. The zero-order chi connectivity index (χ0) is 20.9. The number of methoxy groups -OCH3 is 2. The molecule has 0 aliphatic heterocycles. The summed E-state index contributed by atoms with van der Waals surface area (Å²) in [6.07, 6.45) is 5.64. The zero-order valence-electron chi connectivity index (χ0n) is 17.4. The van der Waals surface area contributed by atoms with E-state index in [1.165, 1.54) is 6.42 Å². The Labute approximate surface area is 176 Å². The predicted molar refractivity (Wildman–Crippen MR) is 116 cm³/mol. The number of benzene rings is 2. The Bertz CT molecular complexity index is 1010. The number of rotatable bonds is 6. The number of ether oxygens (including phenoxy) is 2. The molecule has 0 bridgehead atoms. The van der Waals surface area contributed by atoms with Crippen LogP contribution in [0.2, 0.25) is 0 Å². The van der Waals surface area contributed by atoms with E-state index in [0.29, 0.717) is 22.9 Å². The predicted octanol–water partition coefficient (Wildman–Crippen LogP) is 4.62. The molecular weight excluding hydrogens is 378 g/mol. The molecule has 1 aliphatic rings. The van der Waals surface area contributed by atoms with Gasteiger partial charge in [0.15, 0.2) is 0 Å². The number of nitrogens with one attached hydrogen (secondary N) is 1. The molecular formula is C24H27N3O3. The summed E-state index contributed by atoms with van der Waals surface area (Å²) in [7, 11) is 3.23. The van der Waals surface area contributed by atoms with Crippen LogP contribution in [0.1, 0.15) is 42.6 Å². The van der Waals surface area contributed by atoms with E-state index in [-0.39, 0.29) is 11.9 Å². The van der Waals surface area contributed by atoms with Crippen molar-refractivity contribution >= 4 is 5.91 Å². The van der Waals surface area contributed by atoms with E-state index in [2.05, 4.69) is 5.32 Å². The second kappa shape index (κ2) is 9.03. The molecule has 1 aliphatic carbocycles. The van der Waals surface area contributed by atoms with Gasteiger partial charge >= 0.3 is 0 Å². The molecule has 1 aromatic heterocycles. The molecule has 156 valence electrons. The summed E-state index contributed by atoms with van der Waals surface area (Å²) in [5, 5.41) is 7.97. The van der Waals surface area contributed by atoms with Crippen molar-refractivity contribution in [3.8, 4) is 28.4 Å². The number of carbonyl (C=O) groups excluding carboxylic acids is 1. The van der Waals surface area contributed by atoms with Gasteiger partial charge in [-0.1, -0.05) is 37.5 Å². The average Bonchev–Trinajstić information content (AvgIpc) is 3.25. The molecule has 1 fully saturated rings. The first-order chi connectivity index (χ1) is 14.7. The van der Waals surface area contributed by atoms with Gasteiger partial charge in [-0.25, -0.2) is 4.68 Å². The van der Waals surface area contributed by atoms with Gasteiger partial charge in [-0.05, 0) is 43.2 Å². The molecule has 30 heavy (non-hydrogen) atoms. The number of amides is 1. The number of aromatic nitrogens is 2. The summed E-state index contributed by atoms with van der Waals surface area (Å²) >= 11 is 0. The van der Waals surface area contributed by atoms with Crippen molar-refractivity contribution in [2.45, 2.75) is 38.1 Å². The fourth-order valence-corrected chi connectivity index (χ4v) is 3.96. The third-order valence-corrected chi connectivity index (χ3v) is 5.57. The first-order valence-electron chi connectivity index (χ1n) is 10.4. The van der Waals surface area contributed by atoms with Crippen molar-refractivity contribution in [1.82, 2.24) is 15.1 Å². The lowest BCUT2D eigenvalue weighted by Crippen LogP contribution is -2.37. The number of para-hydroxylation sites is 1. The molecule has 0 unspecified atom stereocenters. The number of carbonyl (C=O) groups is 1. The Morgan fingerprint density at radius 3 is 2.47 bits per heavy atom. The van der Waals surface area contributed by atoms with Crippen LogP contribution in [0.4, 0.5) is 0 Å². The first-order valence-corrected chi connectivity index (χ1v) is 10.4. The fraction of sp³-hybridized carbons (Fsp3) is 0.333. The molecule has 0 radical (unpaired) electrons. The monoisotopic (exact) mass is 405 g/mol. The second-order valence-corrected chi connectivity index (χ2v) is 7.54. The standard InChI is InChI=1S/C24H27N3O3/c1-29-19-13-14-20(23(15-19)30-2)21-16-22(24(28)25-17-9-5-3-6-10-17)27(26-21)18-11-7-4-8-12-18/h4,7-8,11-17H,3,5-6,9-10H2,1-2H3,(H,25,28). The highest BCUT2D eigenvalue weighted by atomic mass is 16.5. The second-order valence-electron chi connectivity index (χ2n) is 7.54. The van der Waals surface area contributed by atoms with E-state index in [1.807, 2.05) is 54.6 Å². The van der Waals surface area contributed by atoms with Gasteiger partial charge in [0.1, 0.15) is 17.2 Å². The molecule has 1 amide bonds. The molecule has 1 heterocycles. The van der Waals surface area contributed by atoms with Crippen LogP contribution >= 0.6 is 0 Å². The largest absolute Gasteiger partial charge is 0.497 e. The van der Waals surface area contributed by atoms with Gasteiger partial charge < -0.3 is 14.8 Å². The van der Waals surface area contributed by atoms with E-state index < -0.39 is 0 Å². The molecule has 0 atom stereocenters. The third kappa shape index (κ3) is 4.17. The lowest BCUT2D eigenvalue weighted by molar-refractivity contribution is 0.0920. The first kappa shape index (κ1) is 20.0. The van der Waals surface area contributed by atoms with Crippen LogP contribution in [0.25, 0.3) is 16.9 Å². The van der Waals surface area contributed by atoms with Gasteiger partial charge in [-0.2, -0.15) is 5.10 Å². The minimum Gasteiger partial charge on any atom is -0.497 e. The van der Waals surface area contributed by atoms with Gasteiger partial charge in [-0.15, -0.1) is 0 Å². The minimum atomic E-state index is -0.100. The summed E-state index contributed by atoms with van der Waals surface area (Å²) in [6.45, 7) is 0. The van der Waals surface area contributed by atoms with Crippen molar-refractivity contribution in [1.29, 1.82) is 0 Å². The van der Waals surface area contributed by atoms with Gasteiger partial charge in [-0.3, -0.25) is 4.79 Å². The number of hydrogen-bond donors (Lipinski definition) is 1. The van der Waals surface area contributed by atoms with Crippen LogP contribution in [-0.2, 0) is 0 Å². The number of nitrogens with zero attached hydrogens (tertiary/aromatic N) is 2. The van der Waals surface area contributed by atoms with E-state index in [1.54, 1.807) is 18.9 Å². The van der Waals surface area contributed by atoms with Crippen LogP contribution in [-0.4, -0.2) is 35.9 Å². The van der Waals surface area contributed by atoms with Crippen molar-refractivity contribution < 1.29 is 14.3 Å². The molecule has 4 rings (SSSR count). The summed E-state index contributed by atoms with van der Waals surface area (Å²) in [4.78, 5) is 13.2. The molecule has 3 aromatic rings. The smallest absolute Gasteiger partial charge is 0.270 e. The molecule has 0 spiro atoms. The maximum Gasteiger partial charge on any atom is 0.270 e. The SMILES string of the molecule is COc1ccc(-c2cc(C(=O)NC3CCCCC3)n(-c3ccccc3)n2)c(OC)c1. The molecule has 2 aromatic carbocycles. The van der Waals surface area contributed by atoms with Crippen molar-refractivity contribution in [2.24, 2.45) is 0 Å². The lowest BCUT2D eigenvalue weighted by Gasteiger charge is -2.22. The Hall–Kier alpha value is -3.28. The highest BCUT2D eigenvalue weighted by Crippen LogP contribution is 2.33. The summed E-state index contributed by atoms with van der Waals surface area (Å²) in [6, 6.07) is 17.3. The van der Waals surface area contributed by atoms with Crippen LogP contribution in [0, 0.1) is 0 Å². The van der Waals surface area contributed by atoms with Crippen LogP contribution in [0.3, 0.4) is 0 Å². The van der Waals surface area contributed by atoms with Gasteiger partial charge in [0.25, 0.3) is 5.91 Å². The Morgan fingerprint density at radius 2 is 1.77 bits per heavy atom. The van der Waals surface area contributed by atoms with Crippen LogP contribution in [0.15, 0.2) is 54.6 Å². The van der Waals surface area contributed by atoms with Crippen molar-refractivity contribution in [2.75, 3.05) is 14.2 Å². The van der Waals surface area contributed by atoms with Gasteiger partial charge in [0.05, 0.1) is 25.6 Å². The zero-order valence-corrected chi connectivity index (χ0v) is 17.4. The molecule has 0 saturated heterocycles. The summed E-state index contributed by atoms with van der Waals surface area (Å²) in [5.41, 5.74) is 2.83. The van der Waals surface area contributed by atoms with Crippen molar-refractivity contribution in [3.05, 3.63) is 60.3 Å². The third-order valence-electron chi connectivity index (χ3n) is 5.57. The molecule has 6 heteroatoms. The van der Waals surface area contributed by atoms with Crippen LogP contribution in [0.5, 0.6) is 11.5 Å². The lowest BCUT2D eigenvalue weighted by atomic mass is 9.95. The quantitative estimate of drug-likeness (QED) is 0.650. The van der Waals surface area contributed by atoms with E-state index in [4.69, 9.17) is 14.6 Å². The van der Waals surface area contributed by atoms with Crippen LogP contribution < -0.4 is 14.8 Å². The summed E-state index contributed by atoms with van der Waals surface area (Å²) in [5.74, 6) is 1.25. The van der Waals surface area contributed by atoms with E-state index in [0.717, 1.165) is 36.9 Å². The topological polar surface area (TPSA) is 65.4 Å². The normalized spacial score (nSPS) is 14.3. The van der Waals surface area contributed by atoms with Gasteiger partial charge in [0, 0.05) is 17.7 Å². The van der Waals surface area contributed by atoms with E-state index >= 15 is 0 Å². The van der Waals surface area contributed by atoms with Crippen molar-refractivity contribution in [3.63, 3.8) is 0 Å². The Morgan fingerprint density at radius 1 is 1.00 bits per heavy atom. The molecule has 1 N–H and O–H groups in total. The number of hydrogen-bond acceptors (Lipinski definition) is 4.